The number of amides is 1. The van der Waals surface area contributed by atoms with Crippen molar-refractivity contribution in [2.75, 3.05) is 13.7 Å². The summed E-state index contributed by atoms with van der Waals surface area (Å²) in [4.78, 5) is 12.1. The molecule has 0 spiro atoms. The van der Waals surface area contributed by atoms with Crippen molar-refractivity contribution in [3.63, 3.8) is 0 Å². The lowest BCUT2D eigenvalue weighted by Gasteiger charge is -2.17. The van der Waals surface area contributed by atoms with Gasteiger partial charge in [-0.25, -0.2) is 4.39 Å². The number of carbonyl (C=O) groups excluding carboxylic acids is 1. The Kier molecular flexibility index (Phi) is 4.90. The van der Waals surface area contributed by atoms with Gasteiger partial charge in [0.15, 0.2) is 11.6 Å². The smallest absolute Gasteiger partial charge is 0.251 e. The summed E-state index contributed by atoms with van der Waals surface area (Å²) < 4.78 is 18.4. The predicted molar refractivity (Wildman–Crippen MR) is 76.7 cm³/mol. The average molecular weight is 289 g/mol. The van der Waals surface area contributed by atoms with E-state index >= 15 is 0 Å². The minimum absolute atomic E-state index is 0.0771. The Morgan fingerprint density at radius 2 is 2.00 bits per heavy atom. The van der Waals surface area contributed by atoms with Crippen molar-refractivity contribution >= 4 is 5.91 Å². The van der Waals surface area contributed by atoms with Crippen LogP contribution in [0.2, 0.25) is 0 Å². The third kappa shape index (κ3) is 3.58. The van der Waals surface area contributed by atoms with Crippen LogP contribution >= 0.6 is 0 Å². The van der Waals surface area contributed by atoms with E-state index in [-0.39, 0.29) is 17.9 Å². The van der Waals surface area contributed by atoms with E-state index in [1.54, 1.807) is 12.1 Å². The largest absolute Gasteiger partial charge is 0.494 e. The zero-order valence-corrected chi connectivity index (χ0v) is 11.5. The number of nitrogens with one attached hydrogen (secondary N) is 1. The van der Waals surface area contributed by atoms with Crippen LogP contribution in [-0.2, 0) is 0 Å². The second-order valence-electron chi connectivity index (χ2n) is 4.47. The number of aliphatic hydroxyl groups is 1. The maximum Gasteiger partial charge on any atom is 0.251 e. The van der Waals surface area contributed by atoms with Gasteiger partial charge >= 0.3 is 0 Å². The van der Waals surface area contributed by atoms with Crippen LogP contribution < -0.4 is 10.1 Å². The van der Waals surface area contributed by atoms with Crippen LogP contribution in [0.15, 0.2) is 48.5 Å². The Morgan fingerprint density at radius 3 is 2.57 bits per heavy atom. The molecule has 0 fully saturated rings. The number of ether oxygens (including phenoxy) is 1. The Balaban J connectivity index is 2.15. The maximum absolute atomic E-state index is 13.6. The zero-order chi connectivity index (χ0) is 15.2. The number of carbonyl (C=O) groups is 1. The highest BCUT2D eigenvalue weighted by atomic mass is 19.1. The van der Waals surface area contributed by atoms with Gasteiger partial charge in [-0.05, 0) is 23.8 Å². The molecule has 2 aromatic rings. The van der Waals surface area contributed by atoms with E-state index in [1.807, 2.05) is 18.2 Å². The van der Waals surface area contributed by atoms with E-state index in [0.717, 1.165) is 11.6 Å². The number of benzene rings is 2. The highest BCUT2D eigenvalue weighted by molar-refractivity contribution is 5.94. The summed E-state index contributed by atoms with van der Waals surface area (Å²) in [5, 5.41) is 12.1. The predicted octanol–water partition coefficient (Wildman–Crippen LogP) is 2.30. The van der Waals surface area contributed by atoms with Crippen molar-refractivity contribution in [1.82, 2.24) is 5.32 Å². The van der Waals surface area contributed by atoms with Gasteiger partial charge in [-0.15, -0.1) is 0 Å². The third-order valence-corrected chi connectivity index (χ3v) is 3.10. The van der Waals surface area contributed by atoms with Crippen molar-refractivity contribution in [2.24, 2.45) is 0 Å². The Bertz CT molecular complexity index is 616. The Morgan fingerprint density at radius 1 is 1.29 bits per heavy atom. The number of halogens is 1. The summed E-state index contributed by atoms with van der Waals surface area (Å²) in [6.07, 6.45) is 0. The van der Waals surface area contributed by atoms with Crippen molar-refractivity contribution in [3.8, 4) is 5.75 Å². The second kappa shape index (κ2) is 6.85. The van der Waals surface area contributed by atoms with Gasteiger partial charge in [-0.1, -0.05) is 30.3 Å². The fourth-order valence-electron chi connectivity index (χ4n) is 1.97. The molecule has 2 rings (SSSR count). The summed E-state index contributed by atoms with van der Waals surface area (Å²) in [5.74, 6) is -0.988. The molecule has 0 bridgehead atoms. The molecule has 0 saturated carbocycles. The van der Waals surface area contributed by atoms with Crippen LogP contribution in [0, 0.1) is 5.82 Å². The number of methoxy groups -OCH3 is 1. The number of hydrogen-bond acceptors (Lipinski definition) is 3. The summed E-state index contributed by atoms with van der Waals surface area (Å²) in [6, 6.07) is 12.5. The van der Waals surface area contributed by atoms with Crippen molar-refractivity contribution in [1.29, 1.82) is 0 Å². The second-order valence-corrected chi connectivity index (χ2v) is 4.47. The SMILES string of the molecule is COc1ccc(C(=O)N[C@H](CO)c2ccccc2)cc1F. The number of aliphatic hydroxyl groups excluding tert-OH is 1. The van der Waals surface area contributed by atoms with Gasteiger partial charge in [0, 0.05) is 5.56 Å². The number of hydrogen-bond donors (Lipinski definition) is 2. The van der Waals surface area contributed by atoms with Crippen molar-refractivity contribution in [3.05, 3.63) is 65.5 Å². The summed E-state index contributed by atoms with van der Waals surface area (Å²) in [7, 11) is 1.36. The Labute approximate surface area is 122 Å². The van der Waals surface area contributed by atoms with E-state index < -0.39 is 17.8 Å². The normalized spacial score (nSPS) is 11.8. The van der Waals surface area contributed by atoms with E-state index in [4.69, 9.17) is 4.74 Å². The van der Waals surface area contributed by atoms with Gasteiger partial charge in [0.2, 0.25) is 0 Å². The van der Waals surface area contributed by atoms with Crippen LogP contribution in [0.5, 0.6) is 5.75 Å². The molecule has 1 atom stereocenters. The van der Waals surface area contributed by atoms with E-state index in [0.29, 0.717) is 0 Å². The molecule has 0 aliphatic carbocycles. The molecular formula is C16H16FNO3. The van der Waals surface area contributed by atoms with Crippen LogP contribution in [0.1, 0.15) is 22.0 Å². The first-order chi connectivity index (χ1) is 10.2. The topological polar surface area (TPSA) is 58.6 Å². The van der Waals surface area contributed by atoms with Crippen LogP contribution in [0.4, 0.5) is 4.39 Å². The van der Waals surface area contributed by atoms with Gasteiger partial charge in [0.25, 0.3) is 5.91 Å². The summed E-state index contributed by atoms with van der Waals surface area (Å²) >= 11 is 0. The Hall–Kier alpha value is -2.40. The third-order valence-electron chi connectivity index (χ3n) is 3.10. The molecular weight excluding hydrogens is 273 g/mol. The molecule has 0 radical (unpaired) electrons. The fourth-order valence-corrected chi connectivity index (χ4v) is 1.97. The fraction of sp³-hybridized carbons (Fsp3) is 0.188. The van der Waals surface area contributed by atoms with Crippen molar-refractivity contribution in [2.45, 2.75) is 6.04 Å². The monoisotopic (exact) mass is 289 g/mol. The van der Waals surface area contributed by atoms with Gasteiger partial charge in [-0.2, -0.15) is 0 Å². The van der Waals surface area contributed by atoms with Gasteiger partial charge < -0.3 is 15.2 Å². The lowest BCUT2D eigenvalue weighted by atomic mass is 10.1. The summed E-state index contributed by atoms with van der Waals surface area (Å²) in [6.45, 7) is -0.242. The first-order valence-corrected chi connectivity index (χ1v) is 6.46. The standard InChI is InChI=1S/C16H16FNO3/c1-21-15-8-7-12(9-13(15)17)16(20)18-14(10-19)11-5-3-2-4-6-11/h2-9,14,19H,10H2,1H3,(H,18,20)/t14-/m1/s1. The lowest BCUT2D eigenvalue weighted by molar-refractivity contribution is 0.0915. The molecule has 1 amide bonds. The molecule has 0 aliphatic heterocycles. The van der Waals surface area contributed by atoms with E-state index in [1.165, 1.54) is 19.2 Å². The molecule has 110 valence electrons. The van der Waals surface area contributed by atoms with Crippen LogP contribution in [0.3, 0.4) is 0 Å². The quantitative estimate of drug-likeness (QED) is 0.888. The molecule has 21 heavy (non-hydrogen) atoms. The summed E-state index contributed by atoms with van der Waals surface area (Å²) in [5.41, 5.74) is 0.949. The molecule has 5 heteroatoms. The van der Waals surface area contributed by atoms with Crippen molar-refractivity contribution < 1.29 is 19.0 Å². The highest BCUT2D eigenvalue weighted by Gasteiger charge is 2.16. The molecule has 0 unspecified atom stereocenters. The molecule has 0 aliphatic rings. The van der Waals surface area contributed by atoms with Gasteiger partial charge in [-0.3, -0.25) is 4.79 Å². The van der Waals surface area contributed by atoms with Crippen LogP contribution in [0.25, 0.3) is 0 Å². The average Bonchev–Trinajstić information content (AvgIpc) is 2.53. The minimum Gasteiger partial charge on any atom is -0.494 e. The van der Waals surface area contributed by atoms with Gasteiger partial charge in [0.05, 0.1) is 19.8 Å². The van der Waals surface area contributed by atoms with E-state index in [2.05, 4.69) is 5.32 Å². The molecule has 0 heterocycles. The first-order valence-electron chi connectivity index (χ1n) is 6.46. The van der Waals surface area contributed by atoms with E-state index in [9.17, 15) is 14.3 Å². The molecule has 4 nitrogen and oxygen atoms in total. The first kappa shape index (κ1) is 15.0. The van der Waals surface area contributed by atoms with Crippen LogP contribution in [-0.4, -0.2) is 24.7 Å². The lowest BCUT2D eigenvalue weighted by Crippen LogP contribution is -2.30. The number of rotatable bonds is 5. The minimum atomic E-state index is -0.606. The van der Waals surface area contributed by atoms with Gasteiger partial charge in [0.1, 0.15) is 0 Å². The highest BCUT2D eigenvalue weighted by Crippen LogP contribution is 2.19. The molecule has 0 saturated heterocycles. The zero-order valence-electron chi connectivity index (χ0n) is 11.5. The molecule has 0 aromatic heterocycles. The maximum atomic E-state index is 13.6. The molecule has 2 aromatic carbocycles. The molecule has 2 N–H and O–H groups in total.